The predicted octanol–water partition coefficient (Wildman–Crippen LogP) is 2.93. The Hall–Kier alpha value is -1.50. The summed E-state index contributed by atoms with van der Waals surface area (Å²) in [4.78, 5) is 8.98. The van der Waals surface area contributed by atoms with Crippen molar-refractivity contribution >= 4 is 23.4 Å². The average molecular weight is 325 g/mol. The lowest BCUT2D eigenvalue weighted by Crippen LogP contribution is -1.97. The smallest absolute Gasteiger partial charge is 0.162 e. The summed E-state index contributed by atoms with van der Waals surface area (Å²) in [6.45, 7) is 1.10. The molecule has 110 valence electrons. The highest BCUT2D eigenvalue weighted by molar-refractivity contribution is 7.99. The van der Waals surface area contributed by atoms with Crippen LogP contribution in [-0.2, 0) is 6.61 Å². The van der Waals surface area contributed by atoms with Crippen LogP contribution in [0.2, 0.25) is 5.15 Å². The summed E-state index contributed by atoms with van der Waals surface area (Å²) in [6, 6.07) is 5.71. The van der Waals surface area contributed by atoms with Gasteiger partial charge >= 0.3 is 0 Å². The maximum absolute atomic E-state index is 9.38. The second-order valence-electron chi connectivity index (χ2n) is 4.37. The summed E-state index contributed by atoms with van der Waals surface area (Å²) in [7, 11) is 0. The molecule has 0 amide bonds. The molecule has 21 heavy (non-hydrogen) atoms. The van der Waals surface area contributed by atoms with Gasteiger partial charge < -0.3 is 14.6 Å². The highest BCUT2D eigenvalue weighted by Crippen LogP contribution is 2.37. The molecule has 3 rings (SSSR count). The van der Waals surface area contributed by atoms with Crippen LogP contribution in [0.4, 0.5) is 0 Å². The zero-order valence-corrected chi connectivity index (χ0v) is 12.7. The van der Waals surface area contributed by atoms with E-state index in [2.05, 4.69) is 9.97 Å². The molecule has 1 aliphatic heterocycles. The van der Waals surface area contributed by atoms with Crippen LogP contribution >= 0.6 is 23.4 Å². The van der Waals surface area contributed by atoms with E-state index in [1.807, 2.05) is 18.2 Å². The van der Waals surface area contributed by atoms with E-state index < -0.39 is 0 Å². The van der Waals surface area contributed by atoms with Gasteiger partial charge in [0.25, 0.3) is 0 Å². The highest BCUT2D eigenvalue weighted by atomic mass is 35.5. The fourth-order valence-electron chi connectivity index (χ4n) is 1.92. The quantitative estimate of drug-likeness (QED) is 0.876. The van der Waals surface area contributed by atoms with Crippen molar-refractivity contribution in [2.45, 2.75) is 22.9 Å². The molecular formula is C14H13ClN2O3S. The van der Waals surface area contributed by atoms with Crippen LogP contribution in [-0.4, -0.2) is 28.3 Å². The van der Waals surface area contributed by atoms with Crippen molar-refractivity contribution in [2.75, 3.05) is 13.2 Å². The molecule has 5 nitrogen and oxygen atoms in total. The monoisotopic (exact) mass is 324 g/mol. The topological polar surface area (TPSA) is 64.5 Å². The molecule has 0 atom stereocenters. The van der Waals surface area contributed by atoms with Gasteiger partial charge in [-0.05, 0) is 18.2 Å². The van der Waals surface area contributed by atoms with Crippen LogP contribution in [0.5, 0.6) is 11.5 Å². The maximum atomic E-state index is 9.38. The number of benzene rings is 1. The molecule has 7 heteroatoms. The first-order valence-corrected chi connectivity index (χ1v) is 7.65. The van der Waals surface area contributed by atoms with E-state index in [1.165, 1.54) is 18.1 Å². The molecule has 0 radical (unpaired) electrons. The third-order valence-corrected chi connectivity index (χ3v) is 4.31. The van der Waals surface area contributed by atoms with Crippen LogP contribution in [0.15, 0.2) is 34.4 Å². The van der Waals surface area contributed by atoms with Gasteiger partial charge in [0.05, 0.1) is 19.8 Å². The van der Waals surface area contributed by atoms with Crippen molar-refractivity contribution in [3.63, 3.8) is 0 Å². The first kappa shape index (κ1) is 14.4. The lowest BCUT2D eigenvalue weighted by atomic mass is 10.3. The predicted molar refractivity (Wildman–Crippen MR) is 79.1 cm³/mol. The standard InChI is InChI=1S/C14H13ClN2O3S/c15-13-10(7-18)14(17-8-16-13)21-9-2-3-11-12(6-9)20-5-1-4-19-11/h2-3,6,8,18H,1,4-5,7H2. The Morgan fingerprint density at radius 3 is 2.81 bits per heavy atom. The van der Waals surface area contributed by atoms with Gasteiger partial charge in [-0.1, -0.05) is 23.4 Å². The molecular weight excluding hydrogens is 312 g/mol. The zero-order valence-electron chi connectivity index (χ0n) is 11.1. The number of hydrogen-bond donors (Lipinski definition) is 1. The molecule has 2 aromatic rings. The summed E-state index contributed by atoms with van der Waals surface area (Å²) in [6.07, 6.45) is 2.25. The summed E-state index contributed by atoms with van der Waals surface area (Å²) in [5.41, 5.74) is 0.524. The van der Waals surface area contributed by atoms with E-state index in [0.29, 0.717) is 23.8 Å². The van der Waals surface area contributed by atoms with Gasteiger partial charge in [0.1, 0.15) is 16.5 Å². The van der Waals surface area contributed by atoms with Gasteiger partial charge in [-0.15, -0.1) is 0 Å². The lowest BCUT2D eigenvalue weighted by Gasteiger charge is -2.10. The number of ether oxygens (including phenoxy) is 2. The number of hydrogen-bond acceptors (Lipinski definition) is 6. The van der Waals surface area contributed by atoms with Crippen molar-refractivity contribution in [3.05, 3.63) is 35.2 Å². The third kappa shape index (κ3) is 3.23. The fraction of sp³-hybridized carbons (Fsp3) is 0.286. The summed E-state index contributed by atoms with van der Waals surface area (Å²) in [5, 5.41) is 10.3. The van der Waals surface area contributed by atoms with E-state index in [4.69, 9.17) is 21.1 Å². The van der Waals surface area contributed by atoms with Crippen LogP contribution in [0.1, 0.15) is 12.0 Å². The highest BCUT2D eigenvalue weighted by Gasteiger charge is 2.14. The van der Waals surface area contributed by atoms with E-state index in [0.717, 1.165) is 22.8 Å². The zero-order chi connectivity index (χ0) is 14.7. The molecule has 1 N–H and O–H groups in total. The van der Waals surface area contributed by atoms with Crippen molar-refractivity contribution in [1.29, 1.82) is 0 Å². The number of rotatable bonds is 3. The van der Waals surface area contributed by atoms with E-state index in [-0.39, 0.29) is 11.8 Å². The molecule has 1 aliphatic rings. The lowest BCUT2D eigenvalue weighted by molar-refractivity contribution is 0.277. The second kappa shape index (κ2) is 6.51. The minimum atomic E-state index is -0.202. The Bertz CT molecular complexity index is 654. The largest absolute Gasteiger partial charge is 0.490 e. The maximum Gasteiger partial charge on any atom is 0.162 e. The van der Waals surface area contributed by atoms with Gasteiger partial charge in [-0.2, -0.15) is 0 Å². The molecule has 2 heterocycles. The Morgan fingerprint density at radius 1 is 1.19 bits per heavy atom. The first-order valence-electron chi connectivity index (χ1n) is 6.45. The van der Waals surface area contributed by atoms with Crippen LogP contribution in [0, 0.1) is 0 Å². The number of aromatic nitrogens is 2. The molecule has 0 unspecified atom stereocenters. The average Bonchev–Trinajstić information content (AvgIpc) is 2.72. The van der Waals surface area contributed by atoms with Gasteiger partial charge in [-0.3, -0.25) is 0 Å². The number of fused-ring (bicyclic) bond motifs is 1. The van der Waals surface area contributed by atoms with Crippen LogP contribution in [0.3, 0.4) is 0 Å². The van der Waals surface area contributed by atoms with Crippen molar-refractivity contribution in [2.24, 2.45) is 0 Å². The van der Waals surface area contributed by atoms with Gasteiger partial charge in [0.15, 0.2) is 11.5 Å². The summed E-state index contributed by atoms with van der Waals surface area (Å²) < 4.78 is 11.3. The molecule has 0 saturated heterocycles. The van der Waals surface area contributed by atoms with Crippen LogP contribution < -0.4 is 9.47 Å². The molecule has 0 spiro atoms. The fourth-order valence-corrected chi connectivity index (χ4v) is 3.07. The minimum absolute atomic E-state index is 0.202. The number of halogens is 1. The van der Waals surface area contributed by atoms with Crippen molar-refractivity contribution in [3.8, 4) is 11.5 Å². The molecule has 0 aliphatic carbocycles. The Balaban J connectivity index is 1.89. The number of nitrogens with zero attached hydrogens (tertiary/aromatic N) is 2. The van der Waals surface area contributed by atoms with E-state index in [1.54, 1.807) is 0 Å². The first-order chi connectivity index (χ1) is 10.3. The Kier molecular flexibility index (Phi) is 4.48. The second-order valence-corrected chi connectivity index (χ2v) is 5.79. The number of aliphatic hydroxyl groups excluding tert-OH is 1. The number of aliphatic hydroxyl groups is 1. The minimum Gasteiger partial charge on any atom is -0.490 e. The summed E-state index contributed by atoms with van der Waals surface area (Å²) >= 11 is 7.37. The molecule has 0 bridgehead atoms. The van der Waals surface area contributed by atoms with E-state index in [9.17, 15) is 5.11 Å². The van der Waals surface area contributed by atoms with Gasteiger partial charge in [0.2, 0.25) is 0 Å². The molecule has 1 aromatic carbocycles. The normalized spacial score (nSPS) is 13.8. The van der Waals surface area contributed by atoms with Gasteiger partial charge in [-0.25, -0.2) is 9.97 Å². The Morgan fingerprint density at radius 2 is 2.00 bits per heavy atom. The molecule has 0 fully saturated rings. The van der Waals surface area contributed by atoms with Crippen LogP contribution in [0.25, 0.3) is 0 Å². The molecule has 0 saturated carbocycles. The van der Waals surface area contributed by atoms with Crippen molar-refractivity contribution < 1.29 is 14.6 Å². The van der Waals surface area contributed by atoms with Gasteiger partial charge in [0, 0.05) is 16.9 Å². The summed E-state index contributed by atoms with van der Waals surface area (Å²) in [5.74, 6) is 1.48. The SMILES string of the molecule is OCc1c(Cl)ncnc1Sc1ccc2c(c1)OCCCO2. The van der Waals surface area contributed by atoms with Crippen molar-refractivity contribution in [1.82, 2.24) is 9.97 Å². The third-order valence-electron chi connectivity index (χ3n) is 2.94. The molecule has 1 aromatic heterocycles. The van der Waals surface area contributed by atoms with E-state index >= 15 is 0 Å². The Labute approximate surface area is 131 Å².